The van der Waals surface area contributed by atoms with Crippen LogP contribution in [0.3, 0.4) is 0 Å². The molecule has 1 aromatic heterocycles. The van der Waals surface area contributed by atoms with E-state index in [2.05, 4.69) is 20.6 Å². The van der Waals surface area contributed by atoms with Gasteiger partial charge in [0.25, 0.3) is 0 Å². The molecule has 0 unspecified atom stereocenters. The standard InChI is InChI=1S/C9H9N4O/c1-2-14-8-5-3-7(4-6-8)9-10-12-13-11-9/h3-6H,2H2,1H3/q-1. The first-order chi connectivity index (χ1) is 6.90. The normalized spacial score (nSPS) is 10.1. The topological polar surface area (TPSA) is 62.0 Å². The summed E-state index contributed by atoms with van der Waals surface area (Å²) in [5, 5.41) is 14.3. The van der Waals surface area contributed by atoms with Gasteiger partial charge in [0.05, 0.1) is 6.61 Å². The van der Waals surface area contributed by atoms with Crippen molar-refractivity contribution in [1.29, 1.82) is 0 Å². The van der Waals surface area contributed by atoms with Crippen LogP contribution in [0.15, 0.2) is 24.3 Å². The predicted molar refractivity (Wildman–Crippen MR) is 49.8 cm³/mol. The smallest absolute Gasteiger partial charge is 0.119 e. The van der Waals surface area contributed by atoms with E-state index in [1.807, 2.05) is 31.2 Å². The molecule has 0 N–H and O–H groups in total. The number of hydrogen-bond acceptors (Lipinski definition) is 4. The molecule has 0 aliphatic rings. The van der Waals surface area contributed by atoms with Gasteiger partial charge in [-0.25, -0.2) is 0 Å². The monoisotopic (exact) mass is 189 g/mol. The third-order valence-corrected chi connectivity index (χ3v) is 1.74. The van der Waals surface area contributed by atoms with E-state index in [9.17, 15) is 0 Å². The summed E-state index contributed by atoms with van der Waals surface area (Å²) < 4.78 is 5.31. The van der Waals surface area contributed by atoms with Crippen molar-refractivity contribution >= 4 is 0 Å². The zero-order valence-corrected chi connectivity index (χ0v) is 7.71. The van der Waals surface area contributed by atoms with E-state index in [0.717, 1.165) is 11.3 Å². The fourth-order valence-electron chi connectivity index (χ4n) is 1.13. The lowest BCUT2D eigenvalue weighted by molar-refractivity contribution is 0.340. The average Bonchev–Trinajstić information content (AvgIpc) is 2.72. The van der Waals surface area contributed by atoms with Gasteiger partial charge < -0.3 is 9.84 Å². The molecule has 5 heteroatoms. The van der Waals surface area contributed by atoms with Crippen molar-refractivity contribution in [2.24, 2.45) is 0 Å². The lowest BCUT2D eigenvalue weighted by atomic mass is 10.2. The highest BCUT2D eigenvalue weighted by Crippen LogP contribution is 2.17. The highest BCUT2D eigenvalue weighted by atomic mass is 16.5. The first kappa shape index (κ1) is 8.68. The molecule has 0 atom stereocenters. The average molecular weight is 189 g/mol. The molecule has 0 aliphatic heterocycles. The second kappa shape index (κ2) is 3.87. The Hall–Kier alpha value is -1.91. The Morgan fingerprint density at radius 2 is 2.07 bits per heavy atom. The van der Waals surface area contributed by atoms with E-state index in [0.29, 0.717) is 12.4 Å². The summed E-state index contributed by atoms with van der Waals surface area (Å²) in [6, 6.07) is 7.50. The Kier molecular flexibility index (Phi) is 2.40. The lowest BCUT2D eigenvalue weighted by Gasteiger charge is -2.04. The Bertz CT molecular complexity index is 382. The summed E-state index contributed by atoms with van der Waals surface area (Å²) in [4.78, 5) is 0. The molecular weight excluding hydrogens is 180 g/mol. The highest BCUT2D eigenvalue weighted by Gasteiger charge is 1.95. The molecule has 0 spiro atoms. The van der Waals surface area contributed by atoms with Crippen LogP contribution in [-0.2, 0) is 0 Å². The number of nitrogens with zero attached hydrogens (tertiary/aromatic N) is 4. The van der Waals surface area contributed by atoms with Crippen LogP contribution in [0.5, 0.6) is 5.75 Å². The number of aromatic nitrogens is 4. The molecule has 0 aliphatic carbocycles. The summed E-state index contributed by atoms with van der Waals surface area (Å²) in [6.45, 7) is 2.61. The van der Waals surface area contributed by atoms with Gasteiger partial charge in [0, 0.05) is 5.82 Å². The molecule has 2 rings (SSSR count). The Morgan fingerprint density at radius 1 is 1.29 bits per heavy atom. The van der Waals surface area contributed by atoms with E-state index in [1.54, 1.807) is 0 Å². The van der Waals surface area contributed by atoms with Gasteiger partial charge in [0.1, 0.15) is 5.75 Å². The number of tetrazole rings is 1. The molecule has 0 bridgehead atoms. The van der Waals surface area contributed by atoms with Gasteiger partial charge in [-0.05, 0) is 24.6 Å². The first-order valence-corrected chi connectivity index (χ1v) is 4.32. The largest absolute Gasteiger partial charge is 0.494 e. The minimum atomic E-state index is 0.535. The number of ether oxygens (including phenoxy) is 1. The van der Waals surface area contributed by atoms with Crippen molar-refractivity contribution in [1.82, 2.24) is 20.6 Å². The molecule has 72 valence electrons. The van der Waals surface area contributed by atoms with Gasteiger partial charge in [-0.1, -0.05) is 12.1 Å². The molecule has 0 saturated carbocycles. The third kappa shape index (κ3) is 1.71. The molecule has 0 radical (unpaired) electrons. The van der Waals surface area contributed by atoms with E-state index in [-0.39, 0.29) is 0 Å². The number of hydrogen-bond donors (Lipinski definition) is 0. The summed E-state index contributed by atoms with van der Waals surface area (Å²) in [7, 11) is 0. The number of benzene rings is 1. The lowest BCUT2D eigenvalue weighted by Crippen LogP contribution is -1.91. The molecule has 14 heavy (non-hydrogen) atoms. The summed E-state index contributed by atoms with van der Waals surface area (Å²) >= 11 is 0. The van der Waals surface area contributed by atoms with Crippen LogP contribution in [0.25, 0.3) is 11.4 Å². The molecule has 0 amide bonds. The SMILES string of the molecule is CCOc1ccc(-c2nnn[n-]2)cc1. The second-order valence-electron chi connectivity index (χ2n) is 2.66. The van der Waals surface area contributed by atoms with Crippen molar-refractivity contribution in [2.75, 3.05) is 6.61 Å². The maximum Gasteiger partial charge on any atom is 0.119 e. The van der Waals surface area contributed by atoms with Crippen molar-refractivity contribution in [3.8, 4) is 17.1 Å². The fraction of sp³-hybridized carbons (Fsp3) is 0.222. The molecule has 1 heterocycles. The molecule has 0 fully saturated rings. The van der Waals surface area contributed by atoms with Crippen molar-refractivity contribution in [3.63, 3.8) is 0 Å². The Morgan fingerprint density at radius 3 is 2.64 bits per heavy atom. The van der Waals surface area contributed by atoms with Crippen LogP contribution in [0.1, 0.15) is 6.92 Å². The van der Waals surface area contributed by atoms with Crippen LogP contribution in [0.4, 0.5) is 0 Å². The van der Waals surface area contributed by atoms with Crippen LogP contribution < -0.4 is 9.84 Å². The maximum atomic E-state index is 5.31. The highest BCUT2D eigenvalue weighted by molar-refractivity contribution is 5.54. The van der Waals surface area contributed by atoms with E-state index in [1.165, 1.54) is 0 Å². The molecule has 2 aromatic rings. The van der Waals surface area contributed by atoms with E-state index in [4.69, 9.17) is 4.74 Å². The van der Waals surface area contributed by atoms with Crippen molar-refractivity contribution in [2.45, 2.75) is 6.92 Å². The van der Waals surface area contributed by atoms with Gasteiger partial charge in [-0.2, -0.15) is 5.21 Å². The van der Waals surface area contributed by atoms with E-state index < -0.39 is 0 Å². The van der Waals surface area contributed by atoms with Gasteiger partial charge >= 0.3 is 0 Å². The second-order valence-corrected chi connectivity index (χ2v) is 2.66. The van der Waals surface area contributed by atoms with E-state index >= 15 is 0 Å². The first-order valence-electron chi connectivity index (χ1n) is 4.32. The molecule has 1 aromatic carbocycles. The fourth-order valence-corrected chi connectivity index (χ4v) is 1.13. The summed E-state index contributed by atoms with van der Waals surface area (Å²) in [6.07, 6.45) is 0. The Balaban J connectivity index is 2.22. The summed E-state index contributed by atoms with van der Waals surface area (Å²) in [5.41, 5.74) is 0.887. The van der Waals surface area contributed by atoms with Gasteiger partial charge in [-0.15, -0.1) is 0 Å². The summed E-state index contributed by atoms with van der Waals surface area (Å²) in [5.74, 6) is 1.37. The van der Waals surface area contributed by atoms with Crippen LogP contribution in [0, 0.1) is 0 Å². The zero-order valence-electron chi connectivity index (χ0n) is 7.71. The van der Waals surface area contributed by atoms with Gasteiger partial charge in [0.2, 0.25) is 0 Å². The van der Waals surface area contributed by atoms with Gasteiger partial charge in [-0.3, -0.25) is 10.3 Å². The van der Waals surface area contributed by atoms with Crippen LogP contribution in [-0.4, -0.2) is 22.1 Å². The van der Waals surface area contributed by atoms with Crippen LogP contribution in [0.2, 0.25) is 0 Å². The van der Waals surface area contributed by atoms with Gasteiger partial charge in [0.15, 0.2) is 0 Å². The minimum Gasteiger partial charge on any atom is -0.494 e. The van der Waals surface area contributed by atoms with Crippen LogP contribution >= 0.6 is 0 Å². The minimum absolute atomic E-state index is 0.535. The number of rotatable bonds is 3. The zero-order chi connectivity index (χ0) is 9.80. The Labute approximate surface area is 81.1 Å². The quantitative estimate of drug-likeness (QED) is 0.717. The predicted octanol–water partition coefficient (Wildman–Crippen LogP) is 0.894. The molecule has 0 saturated heterocycles. The maximum absolute atomic E-state index is 5.31. The molecule has 5 nitrogen and oxygen atoms in total. The molecular formula is C9H9N4O-. The van der Waals surface area contributed by atoms with Crippen molar-refractivity contribution < 1.29 is 4.74 Å². The third-order valence-electron chi connectivity index (χ3n) is 1.74. The van der Waals surface area contributed by atoms with Crippen molar-refractivity contribution in [3.05, 3.63) is 24.3 Å².